The normalized spacial score (nSPS) is 14.6. The molecule has 1 atom stereocenters. The molecule has 1 aliphatic rings. The summed E-state index contributed by atoms with van der Waals surface area (Å²) in [5.41, 5.74) is 11.7. The average Bonchev–Trinajstić information content (AvgIpc) is 3.45. The first kappa shape index (κ1) is 24.5. The maximum absolute atomic E-state index is 13.8. The van der Waals surface area contributed by atoms with Crippen molar-refractivity contribution in [3.05, 3.63) is 34.8 Å². The number of aromatic nitrogens is 1. The lowest BCUT2D eigenvalue weighted by atomic mass is 10.0. The number of amides is 3. The van der Waals surface area contributed by atoms with Crippen LogP contribution in [0.25, 0.3) is 0 Å². The third kappa shape index (κ3) is 5.62. The molecule has 1 heterocycles. The van der Waals surface area contributed by atoms with Crippen LogP contribution < -0.4 is 26.4 Å². The molecule has 2 aromatic rings. The van der Waals surface area contributed by atoms with E-state index in [1.807, 2.05) is 6.92 Å². The Morgan fingerprint density at radius 3 is 2.64 bits per heavy atom. The molecule has 10 heteroatoms. The minimum absolute atomic E-state index is 0.0711. The molecule has 5 N–H and O–H groups in total. The zero-order valence-corrected chi connectivity index (χ0v) is 19.8. The van der Waals surface area contributed by atoms with Crippen LogP contribution in [0.1, 0.15) is 72.0 Å². The number of anilines is 2. The number of ether oxygens (including phenoxy) is 1. The number of carbonyl (C=O) groups is 3. The summed E-state index contributed by atoms with van der Waals surface area (Å²) in [6, 6.07) is 6.31. The largest absolute Gasteiger partial charge is 0.497 e. The Morgan fingerprint density at radius 2 is 2.03 bits per heavy atom. The van der Waals surface area contributed by atoms with Crippen LogP contribution in [0.4, 0.5) is 11.4 Å². The monoisotopic (exact) mass is 473 g/mol. The number of primary amides is 1. The van der Waals surface area contributed by atoms with Gasteiger partial charge in [0.1, 0.15) is 16.7 Å². The topological polar surface area (TPSA) is 141 Å². The van der Waals surface area contributed by atoms with Gasteiger partial charge in [-0.25, -0.2) is 0 Å². The van der Waals surface area contributed by atoms with Crippen molar-refractivity contribution in [2.75, 3.05) is 17.7 Å². The summed E-state index contributed by atoms with van der Waals surface area (Å²) in [7, 11) is 1.53. The number of nitrogens with one attached hydrogen (secondary N) is 1. The zero-order valence-electron chi connectivity index (χ0n) is 19.0. The Labute approximate surface area is 197 Å². The van der Waals surface area contributed by atoms with E-state index >= 15 is 0 Å². The van der Waals surface area contributed by atoms with Gasteiger partial charge in [0.15, 0.2) is 5.69 Å². The number of rotatable bonds is 10. The number of carbonyl (C=O) groups excluding carboxylic acids is 3. The number of methoxy groups -OCH3 is 1. The van der Waals surface area contributed by atoms with E-state index in [9.17, 15) is 14.4 Å². The van der Waals surface area contributed by atoms with Crippen LogP contribution in [0.2, 0.25) is 0 Å². The van der Waals surface area contributed by atoms with E-state index in [1.54, 1.807) is 24.3 Å². The molecule has 1 unspecified atom stereocenters. The van der Waals surface area contributed by atoms with Crippen molar-refractivity contribution < 1.29 is 19.1 Å². The van der Waals surface area contributed by atoms with Crippen molar-refractivity contribution in [2.45, 2.75) is 64.0 Å². The fraction of sp³-hybridized carbons (Fsp3) is 0.478. The molecule has 9 nitrogen and oxygen atoms in total. The van der Waals surface area contributed by atoms with E-state index in [2.05, 4.69) is 9.69 Å². The molecule has 0 spiro atoms. The highest BCUT2D eigenvalue weighted by Gasteiger charge is 2.35. The van der Waals surface area contributed by atoms with E-state index in [0.717, 1.165) is 50.1 Å². The van der Waals surface area contributed by atoms with Gasteiger partial charge in [0.2, 0.25) is 5.91 Å². The number of nitrogen functional groups attached to an aromatic ring is 1. The Hall–Kier alpha value is -3.14. The Morgan fingerprint density at radius 1 is 1.30 bits per heavy atom. The van der Waals surface area contributed by atoms with Crippen LogP contribution in [0.3, 0.4) is 0 Å². The highest BCUT2D eigenvalue weighted by atomic mass is 32.1. The second-order valence-corrected chi connectivity index (χ2v) is 8.94. The van der Waals surface area contributed by atoms with Gasteiger partial charge < -0.3 is 21.5 Å². The van der Waals surface area contributed by atoms with Gasteiger partial charge in [-0.3, -0.25) is 19.3 Å². The summed E-state index contributed by atoms with van der Waals surface area (Å²) in [6.45, 7) is 2.03. The first-order valence-electron chi connectivity index (χ1n) is 11.2. The summed E-state index contributed by atoms with van der Waals surface area (Å²) >= 11 is 0.801. The van der Waals surface area contributed by atoms with Gasteiger partial charge in [-0.2, -0.15) is 4.37 Å². The van der Waals surface area contributed by atoms with E-state index in [4.69, 9.17) is 16.2 Å². The molecule has 3 rings (SSSR count). The van der Waals surface area contributed by atoms with Crippen molar-refractivity contribution in [3.8, 4) is 5.75 Å². The molecule has 1 saturated carbocycles. The molecule has 0 saturated heterocycles. The molecule has 0 radical (unpaired) electrons. The predicted molar refractivity (Wildman–Crippen MR) is 129 cm³/mol. The number of nitrogens with zero attached hydrogens (tertiary/aromatic N) is 2. The summed E-state index contributed by atoms with van der Waals surface area (Å²) in [6.07, 6.45) is 6.11. The number of nitrogens with two attached hydrogens (primary N) is 2. The minimum atomic E-state index is -0.808. The first-order chi connectivity index (χ1) is 15.9. The van der Waals surface area contributed by atoms with Gasteiger partial charge in [-0.15, -0.1) is 0 Å². The Bertz CT molecular complexity index is 1000. The second-order valence-electron chi connectivity index (χ2n) is 8.16. The Kier molecular flexibility index (Phi) is 8.26. The smallest absolute Gasteiger partial charge is 0.272 e. The Balaban J connectivity index is 2.05. The fourth-order valence-corrected chi connectivity index (χ4v) is 4.82. The molecule has 0 aliphatic heterocycles. The van der Waals surface area contributed by atoms with Crippen molar-refractivity contribution in [1.82, 2.24) is 9.69 Å². The van der Waals surface area contributed by atoms with Crippen LogP contribution in [0, 0.1) is 0 Å². The maximum atomic E-state index is 13.8. The van der Waals surface area contributed by atoms with Crippen molar-refractivity contribution in [1.29, 1.82) is 0 Å². The van der Waals surface area contributed by atoms with E-state index in [1.165, 1.54) is 12.0 Å². The molecule has 1 aromatic heterocycles. The molecule has 0 bridgehead atoms. The molecule has 1 aromatic carbocycles. The van der Waals surface area contributed by atoms with E-state index in [0.29, 0.717) is 17.9 Å². The first-order valence-corrected chi connectivity index (χ1v) is 12.0. The molecular formula is C23H31N5O4S. The minimum Gasteiger partial charge on any atom is -0.497 e. The van der Waals surface area contributed by atoms with Crippen LogP contribution in [0.5, 0.6) is 5.75 Å². The summed E-state index contributed by atoms with van der Waals surface area (Å²) in [4.78, 5) is 40.4. The lowest BCUT2D eigenvalue weighted by Crippen LogP contribution is -2.51. The summed E-state index contributed by atoms with van der Waals surface area (Å²) in [5.74, 6) is -0.971. The number of benzene rings is 1. The van der Waals surface area contributed by atoms with Gasteiger partial charge in [0.05, 0.1) is 12.8 Å². The van der Waals surface area contributed by atoms with E-state index < -0.39 is 17.9 Å². The number of hydrogen-bond acceptors (Lipinski definition) is 7. The quantitative estimate of drug-likeness (QED) is 0.484. The van der Waals surface area contributed by atoms with Crippen LogP contribution in [-0.2, 0) is 4.79 Å². The zero-order chi connectivity index (χ0) is 24.0. The molecule has 33 heavy (non-hydrogen) atoms. The third-order valence-electron chi connectivity index (χ3n) is 5.85. The van der Waals surface area contributed by atoms with Crippen molar-refractivity contribution in [2.24, 2.45) is 5.73 Å². The van der Waals surface area contributed by atoms with Gasteiger partial charge >= 0.3 is 0 Å². The van der Waals surface area contributed by atoms with Crippen molar-refractivity contribution >= 4 is 40.6 Å². The lowest BCUT2D eigenvalue weighted by molar-refractivity contribution is -0.123. The van der Waals surface area contributed by atoms with Crippen LogP contribution >= 0.6 is 11.5 Å². The summed E-state index contributed by atoms with van der Waals surface area (Å²) < 4.78 is 9.31. The van der Waals surface area contributed by atoms with Gasteiger partial charge in [-0.05, 0) is 42.9 Å². The summed E-state index contributed by atoms with van der Waals surface area (Å²) in [5, 5.41) is 3.13. The molecular weight excluding hydrogens is 442 g/mol. The van der Waals surface area contributed by atoms with Crippen molar-refractivity contribution in [3.63, 3.8) is 0 Å². The maximum Gasteiger partial charge on any atom is 0.272 e. The van der Waals surface area contributed by atoms with Gasteiger partial charge in [0, 0.05) is 17.8 Å². The van der Waals surface area contributed by atoms with E-state index in [-0.39, 0.29) is 28.2 Å². The molecule has 3 amide bonds. The number of hydrogen-bond donors (Lipinski definition) is 3. The number of unbranched alkanes of at least 4 members (excludes halogenated alkanes) is 1. The molecule has 178 valence electrons. The van der Waals surface area contributed by atoms with Gasteiger partial charge in [0.25, 0.3) is 11.8 Å². The van der Waals surface area contributed by atoms with Crippen LogP contribution in [0.15, 0.2) is 24.3 Å². The average molecular weight is 474 g/mol. The molecule has 1 fully saturated rings. The predicted octanol–water partition coefficient (Wildman–Crippen LogP) is 3.10. The molecule has 1 aliphatic carbocycles. The SMILES string of the molecule is CCCCC(C(=O)NC1CCCC1)N(C(=O)c1snc(C(N)=O)c1N)c1cccc(OC)c1. The highest BCUT2D eigenvalue weighted by molar-refractivity contribution is 7.09. The second kappa shape index (κ2) is 11.1. The lowest BCUT2D eigenvalue weighted by Gasteiger charge is -2.32. The standard InChI is InChI=1S/C23H31N5O4S/c1-3-4-12-17(22(30)26-14-8-5-6-9-14)28(15-10-7-11-16(13-15)32-2)23(31)20-18(24)19(21(25)29)27-33-20/h7,10-11,13-14,17H,3-6,8-9,12,24H2,1-2H3,(H2,25,29)(H,26,30). The van der Waals surface area contributed by atoms with Crippen LogP contribution in [-0.4, -0.2) is 41.3 Å². The van der Waals surface area contributed by atoms with Gasteiger partial charge in [-0.1, -0.05) is 38.7 Å². The highest BCUT2D eigenvalue weighted by Crippen LogP contribution is 2.31. The third-order valence-corrected chi connectivity index (χ3v) is 6.70. The fourth-order valence-electron chi connectivity index (χ4n) is 4.08.